The number of benzene rings is 3. The number of aromatic nitrogens is 2. The highest BCUT2D eigenvalue weighted by atomic mass is 35.5. The minimum absolute atomic E-state index is 0.178. The van der Waals surface area contributed by atoms with Gasteiger partial charge in [-0.2, -0.15) is 0 Å². The highest BCUT2D eigenvalue weighted by molar-refractivity contribution is 6.32. The molecule has 0 fully saturated rings. The van der Waals surface area contributed by atoms with E-state index >= 15 is 0 Å². The van der Waals surface area contributed by atoms with E-state index in [1.807, 2.05) is 44.4 Å². The first-order valence-corrected chi connectivity index (χ1v) is 13.6. The number of nitrogens with two attached hydrogens (primary N) is 1. The number of ether oxygens (including phenoxy) is 1. The smallest absolute Gasteiger partial charge is 0.280 e. The van der Waals surface area contributed by atoms with E-state index in [1.54, 1.807) is 43.5 Å². The number of nitrogens with one attached hydrogen (secondary N) is 1. The summed E-state index contributed by atoms with van der Waals surface area (Å²) < 4.78 is 7.64. The van der Waals surface area contributed by atoms with E-state index in [4.69, 9.17) is 38.7 Å². The number of aryl methyl sites for hydroxylation is 2. The van der Waals surface area contributed by atoms with Gasteiger partial charge in [-0.3, -0.25) is 14.5 Å². The van der Waals surface area contributed by atoms with Gasteiger partial charge >= 0.3 is 0 Å². The molecule has 3 N–H and O–H groups in total. The maximum atomic E-state index is 14.5. The Bertz CT molecular complexity index is 1760. The fourth-order valence-electron chi connectivity index (χ4n) is 5.87. The molecule has 40 heavy (non-hydrogen) atoms. The molecule has 0 radical (unpaired) electrons. The molecule has 0 saturated carbocycles. The molecule has 3 heterocycles. The van der Waals surface area contributed by atoms with E-state index < -0.39 is 11.4 Å². The molecule has 4 aromatic rings. The molecule has 0 bridgehead atoms. The molecule has 2 aliphatic heterocycles. The van der Waals surface area contributed by atoms with Crippen molar-refractivity contribution in [2.75, 3.05) is 23.1 Å². The van der Waals surface area contributed by atoms with E-state index in [9.17, 15) is 9.59 Å². The van der Waals surface area contributed by atoms with Crippen LogP contribution < -0.4 is 20.7 Å². The first-order valence-electron chi connectivity index (χ1n) is 12.8. The summed E-state index contributed by atoms with van der Waals surface area (Å²) >= 11 is 12.8. The number of nitrogens with zero attached hydrogens (tertiary/aromatic N) is 3. The van der Waals surface area contributed by atoms with Crippen molar-refractivity contribution in [2.24, 2.45) is 0 Å². The number of methoxy groups -OCH3 is 1. The van der Waals surface area contributed by atoms with Crippen LogP contribution in [-0.2, 0) is 10.3 Å². The fraction of sp³-hybridized carbons (Fsp3) is 0.233. The Labute approximate surface area is 241 Å². The first kappa shape index (κ1) is 26.2. The minimum Gasteiger partial charge on any atom is -0.496 e. The van der Waals surface area contributed by atoms with Gasteiger partial charge in [-0.25, -0.2) is 4.98 Å². The maximum Gasteiger partial charge on any atom is 0.280 e. The fourth-order valence-corrected chi connectivity index (χ4v) is 6.21. The van der Waals surface area contributed by atoms with Crippen molar-refractivity contribution in [2.45, 2.75) is 39.3 Å². The summed E-state index contributed by atoms with van der Waals surface area (Å²) in [5, 5.41) is 3.89. The molecule has 1 spiro atoms. The predicted octanol–water partition coefficient (Wildman–Crippen LogP) is 6.50. The van der Waals surface area contributed by atoms with Crippen molar-refractivity contribution >= 4 is 52.1 Å². The number of nitrogen functional groups attached to an aromatic ring is 1. The molecule has 10 heteroatoms. The zero-order valence-corrected chi connectivity index (χ0v) is 24.1. The summed E-state index contributed by atoms with van der Waals surface area (Å²) in [4.78, 5) is 35.3. The molecule has 1 aromatic heterocycles. The summed E-state index contributed by atoms with van der Waals surface area (Å²) in [7, 11) is 1.56. The number of hydrogen-bond acceptors (Lipinski definition) is 5. The number of fused-ring (bicyclic) bond motifs is 4. The SMILES string of the molecule is COc1cc(N)c(C)cc1-c1nc2c(n1C(C)C)C1(C(=O)Nc3cc(Cl)ccc31)N(c1cc(Cl)ccc1C)C2=O. The standard InChI is InChI=1S/C30H27Cl2N5O3/c1-14(2)36-26-25(35-27(36)19-10-16(4)21(33)13-24(19)40-5)28(38)37(23-12-18(32)7-6-15(23)3)30(26)20-9-8-17(31)11-22(20)34-29(30)39/h6-14H,33H2,1-5H3,(H,34,39). The number of rotatable bonds is 4. The Morgan fingerprint density at radius 1 is 1.00 bits per heavy atom. The van der Waals surface area contributed by atoms with Crippen LogP contribution in [0.25, 0.3) is 11.4 Å². The van der Waals surface area contributed by atoms with Gasteiger partial charge in [-0.05, 0) is 69.2 Å². The third-order valence-corrected chi connectivity index (χ3v) is 8.17. The van der Waals surface area contributed by atoms with Crippen LogP contribution in [0, 0.1) is 13.8 Å². The van der Waals surface area contributed by atoms with Gasteiger partial charge in [0, 0.05) is 39.1 Å². The molecule has 204 valence electrons. The van der Waals surface area contributed by atoms with Gasteiger partial charge in [0.1, 0.15) is 11.6 Å². The van der Waals surface area contributed by atoms with Crippen molar-refractivity contribution in [3.63, 3.8) is 0 Å². The molecular weight excluding hydrogens is 549 g/mol. The van der Waals surface area contributed by atoms with Crippen molar-refractivity contribution < 1.29 is 14.3 Å². The third kappa shape index (κ3) is 3.42. The molecule has 2 amide bonds. The van der Waals surface area contributed by atoms with Crippen LogP contribution >= 0.6 is 23.2 Å². The normalized spacial score (nSPS) is 17.6. The largest absolute Gasteiger partial charge is 0.496 e. The van der Waals surface area contributed by atoms with Gasteiger partial charge in [0.05, 0.1) is 24.1 Å². The van der Waals surface area contributed by atoms with Crippen molar-refractivity contribution in [1.82, 2.24) is 9.55 Å². The van der Waals surface area contributed by atoms with E-state index in [0.29, 0.717) is 55.5 Å². The summed E-state index contributed by atoms with van der Waals surface area (Å²) in [5.41, 5.74) is 9.78. The Kier molecular flexibility index (Phi) is 5.91. The van der Waals surface area contributed by atoms with Crippen LogP contribution in [0.5, 0.6) is 5.75 Å². The van der Waals surface area contributed by atoms with Crippen LogP contribution in [-0.4, -0.2) is 28.5 Å². The van der Waals surface area contributed by atoms with Crippen molar-refractivity contribution in [3.8, 4) is 17.1 Å². The molecule has 0 saturated heterocycles. The molecule has 0 aliphatic carbocycles. The second-order valence-electron chi connectivity index (χ2n) is 10.4. The van der Waals surface area contributed by atoms with Gasteiger partial charge in [0.2, 0.25) is 0 Å². The Morgan fingerprint density at radius 3 is 2.40 bits per heavy atom. The third-order valence-electron chi connectivity index (χ3n) is 7.70. The van der Waals surface area contributed by atoms with Crippen LogP contribution in [0.4, 0.5) is 17.1 Å². The number of imidazole rings is 1. The van der Waals surface area contributed by atoms with Gasteiger partial charge in [-0.15, -0.1) is 0 Å². The van der Waals surface area contributed by atoms with E-state index in [-0.39, 0.29) is 17.6 Å². The summed E-state index contributed by atoms with van der Waals surface area (Å²) in [5.74, 6) is 0.223. The highest BCUT2D eigenvalue weighted by Gasteiger charge is 2.64. The molecular formula is C30H27Cl2N5O3. The van der Waals surface area contributed by atoms with Crippen LogP contribution in [0.2, 0.25) is 10.0 Å². The lowest BCUT2D eigenvalue weighted by Gasteiger charge is -2.36. The molecule has 1 unspecified atom stereocenters. The average molecular weight is 576 g/mol. The number of carbonyl (C=O) groups is 2. The van der Waals surface area contributed by atoms with E-state index in [1.165, 1.54) is 4.90 Å². The number of hydrogen-bond donors (Lipinski definition) is 2. The second kappa shape index (κ2) is 9.01. The Morgan fingerprint density at radius 2 is 1.70 bits per heavy atom. The number of anilines is 3. The van der Waals surface area contributed by atoms with Gasteiger partial charge in [0.15, 0.2) is 11.2 Å². The molecule has 6 rings (SSSR count). The summed E-state index contributed by atoms with van der Waals surface area (Å²) in [6.07, 6.45) is 0. The lowest BCUT2D eigenvalue weighted by molar-refractivity contribution is -0.119. The van der Waals surface area contributed by atoms with Crippen molar-refractivity contribution in [1.29, 1.82) is 0 Å². The van der Waals surface area contributed by atoms with Crippen LogP contribution in [0.3, 0.4) is 0 Å². The van der Waals surface area contributed by atoms with Crippen LogP contribution in [0.1, 0.15) is 52.8 Å². The zero-order chi connectivity index (χ0) is 28.7. The average Bonchev–Trinajstić information content (AvgIpc) is 3.51. The topological polar surface area (TPSA) is 102 Å². The molecule has 3 aromatic carbocycles. The molecule has 1 atom stereocenters. The Hall–Kier alpha value is -4.01. The molecule has 8 nitrogen and oxygen atoms in total. The summed E-state index contributed by atoms with van der Waals surface area (Å²) in [6.45, 7) is 7.75. The number of amides is 2. The maximum absolute atomic E-state index is 14.5. The summed E-state index contributed by atoms with van der Waals surface area (Å²) in [6, 6.07) is 13.9. The quantitative estimate of drug-likeness (QED) is 0.270. The van der Waals surface area contributed by atoms with E-state index in [2.05, 4.69) is 5.32 Å². The van der Waals surface area contributed by atoms with Gasteiger partial charge < -0.3 is 20.4 Å². The zero-order valence-electron chi connectivity index (χ0n) is 22.6. The second-order valence-corrected chi connectivity index (χ2v) is 11.3. The lowest BCUT2D eigenvalue weighted by atomic mass is 9.86. The highest BCUT2D eigenvalue weighted by Crippen LogP contribution is 2.55. The monoisotopic (exact) mass is 575 g/mol. The molecule has 2 aliphatic rings. The predicted molar refractivity (Wildman–Crippen MR) is 158 cm³/mol. The lowest BCUT2D eigenvalue weighted by Crippen LogP contribution is -2.51. The van der Waals surface area contributed by atoms with Gasteiger partial charge in [-0.1, -0.05) is 35.3 Å². The minimum atomic E-state index is -1.56. The first-order chi connectivity index (χ1) is 19.0. The number of carbonyl (C=O) groups excluding carboxylic acids is 2. The van der Waals surface area contributed by atoms with Crippen molar-refractivity contribution in [3.05, 3.63) is 86.7 Å². The number of halogens is 2. The Balaban J connectivity index is 1.75. The van der Waals surface area contributed by atoms with Crippen LogP contribution in [0.15, 0.2) is 48.5 Å². The van der Waals surface area contributed by atoms with Gasteiger partial charge in [0.25, 0.3) is 11.8 Å². The van der Waals surface area contributed by atoms with E-state index in [0.717, 1.165) is 11.1 Å².